The minimum absolute atomic E-state index is 0.571. The molecular formula is C13H18O4. The van der Waals surface area contributed by atoms with E-state index in [9.17, 15) is 15.0 Å². The van der Waals surface area contributed by atoms with E-state index in [-0.39, 0.29) is 0 Å². The van der Waals surface area contributed by atoms with Crippen LogP contribution in [0.15, 0.2) is 36.5 Å². The van der Waals surface area contributed by atoms with Gasteiger partial charge in [-0.05, 0) is 19.9 Å². The van der Waals surface area contributed by atoms with Crippen LogP contribution in [0, 0.1) is 5.92 Å². The van der Waals surface area contributed by atoms with E-state index in [2.05, 4.69) is 0 Å². The fourth-order valence-corrected chi connectivity index (χ4v) is 1.72. The lowest BCUT2D eigenvalue weighted by Gasteiger charge is -2.15. The normalized spacial score (nSPS) is 31.8. The van der Waals surface area contributed by atoms with Gasteiger partial charge in [-0.3, -0.25) is 4.79 Å². The summed E-state index contributed by atoms with van der Waals surface area (Å²) in [5.41, 5.74) is 0. The van der Waals surface area contributed by atoms with Crippen LogP contribution in [0.4, 0.5) is 0 Å². The van der Waals surface area contributed by atoms with Crippen molar-refractivity contribution in [3.63, 3.8) is 0 Å². The molecule has 1 saturated heterocycles. The van der Waals surface area contributed by atoms with E-state index in [0.717, 1.165) is 0 Å². The minimum Gasteiger partial charge on any atom is -0.455 e. The van der Waals surface area contributed by atoms with Crippen LogP contribution < -0.4 is 0 Å². The first-order valence-electron chi connectivity index (χ1n) is 5.60. The molecule has 0 aromatic carbocycles. The molecule has 4 atom stereocenters. The highest BCUT2D eigenvalue weighted by molar-refractivity contribution is 5.77. The van der Waals surface area contributed by atoms with Crippen molar-refractivity contribution >= 4 is 5.97 Å². The zero-order valence-corrected chi connectivity index (χ0v) is 9.98. The van der Waals surface area contributed by atoms with Crippen molar-refractivity contribution in [1.82, 2.24) is 0 Å². The second kappa shape index (κ2) is 6.37. The van der Waals surface area contributed by atoms with Crippen molar-refractivity contribution in [3.05, 3.63) is 36.5 Å². The summed E-state index contributed by atoms with van der Waals surface area (Å²) in [6, 6.07) is 0. The van der Waals surface area contributed by atoms with Crippen LogP contribution in [-0.2, 0) is 9.53 Å². The number of aliphatic hydroxyl groups excluding tert-OH is 2. The Kier molecular flexibility index (Phi) is 5.12. The number of aliphatic hydroxyl groups is 2. The maximum Gasteiger partial charge on any atom is 0.315 e. The SMILES string of the molecule is C/C=C/C=C/[C@@H](O)[C@H]1C(=O)O[C@@H](/C=C/C)[C@@H]1O. The Morgan fingerprint density at radius 2 is 2.00 bits per heavy atom. The summed E-state index contributed by atoms with van der Waals surface area (Å²) in [5, 5.41) is 19.7. The van der Waals surface area contributed by atoms with Gasteiger partial charge in [0.1, 0.15) is 18.1 Å². The lowest BCUT2D eigenvalue weighted by Crippen LogP contribution is -2.33. The van der Waals surface area contributed by atoms with Crippen molar-refractivity contribution in [2.75, 3.05) is 0 Å². The Morgan fingerprint density at radius 3 is 2.59 bits per heavy atom. The molecule has 1 aliphatic rings. The number of allylic oxidation sites excluding steroid dienone is 4. The molecule has 1 heterocycles. The summed E-state index contributed by atoms with van der Waals surface area (Å²) in [7, 11) is 0. The topological polar surface area (TPSA) is 66.8 Å². The molecule has 4 nitrogen and oxygen atoms in total. The Labute approximate surface area is 101 Å². The third-order valence-corrected chi connectivity index (χ3v) is 2.59. The molecule has 0 aromatic rings. The molecule has 0 saturated carbocycles. The summed E-state index contributed by atoms with van der Waals surface area (Å²) in [6.07, 6.45) is 7.22. The number of cyclic esters (lactones) is 1. The van der Waals surface area contributed by atoms with Crippen LogP contribution in [-0.4, -0.2) is 34.5 Å². The highest BCUT2D eigenvalue weighted by atomic mass is 16.6. The monoisotopic (exact) mass is 238 g/mol. The second-order valence-electron chi connectivity index (χ2n) is 3.84. The second-order valence-corrected chi connectivity index (χ2v) is 3.84. The van der Waals surface area contributed by atoms with Gasteiger partial charge in [0.2, 0.25) is 0 Å². The van der Waals surface area contributed by atoms with Crippen LogP contribution in [0.1, 0.15) is 13.8 Å². The maximum atomic E-state index is 11.5. The number of ether oxygens (including phenoxy) is 1. The molecule has 0 spiro atoms. The number of rotatable bonds is 4. The minimum atomic E-state index is -1.04. The van der Waals surface area contributed by atoms with Gasteiger partial charge in [0.15, 0.2) is 0 Å². The van der Waals surface area contributed by atoms with Crippen LogP contribution in [0.25, 0.3) is 0 Å². The van der Waals surface area contributed by atoms with Gasteiger partial charge < -0.3 is 14.9 Å². The zero-order valence-electron chi connectivity index (χ0n) is 9.98. The Bertz CT molecular complexity index is 343. The Morgan fingerprint density at radius 1 is 1.29 bits per heavy atom. The van der Waals surface area contributed by atoms with Gasteiger partial charge >= 0.3 is 5.97 Å². The molecule has 1 aliphatic heterocycles. The summed E-state index contributed by atoms with van der Waals surface area (Å²) in [4.78, 5) is 11.5. The predicted octanol–water partition coefficient (Wildman–Crippen LogP) is 0.958. The van der Waals surface area contributed by atoms with Crippen molar-refractivity contribution in [3.8, 4) is 0 Å². The molecule has 0 radical (unpaired) electrons. The standard InChI is InChI=1S/C13H18O4/c1-3-5-6-8-9(14)11-12(15)10(7-4-2)17-13(11)16/h3-12,14-15H,1-2H3/b5-3+,7-4+,8-6+/t9-,10+,11-,12+/m1/s1. The third kappa shape index (κ3) is 3.28. The number of hydrogen-bond acceptors (Lipinski definition) is 4. The number of carbonyl (C=O) groups is 1. The van der Waals surface area contributed by atoms with Gasteiger partial charge in [0.05, 0.1) is 6.10 Å². The van der Waals surface area contributed by atoms with E-state index in [1.54, 1.807) is 37.3 Å². The first-order valence-corrected chi connectivity index (χ1v) is 5.60. The van der Waals surface area contributed by atoms with Crippen molar-refractivity contribution in [2.24, 2.45) is 5.92 Å². The number of esters is 1. The molecule has 0 aromatic heterocycles. The summed E-state index contributed by atoms with van der Waals surface area (Å²) < 4.78 is 4.97. The Balaban J connectivity index is 2.73. The molecule has 1 rings (SSSR count). The van der Waals surface area contributed by atoms with E-state index >= 15 is 0 Å². The van der Waals surface area contributed by atoms with Crippen LogP contribution >= 0.6 is 0 Å². The highest BCUT2D eigenvalue weighted by Gasteiger charge is 2.45. The Hall–Kier alpha value is -1.39. The van der Waals surface area contributed by atoms with E-state index in [4.69, 9.17) is 4.74 Å². The third-order valence-electron chi connectivity index (χ3n) is 2.59. The molecule has 0 bridgehead atoms. The summed E-state index contributed by atoms with van der Waals surface area (Å²) >= 11 is 0. The van der Waals surface area contributed by atoms with Gasteiger partial charge in [0, 0.05) is 0 Å². The number of hydrogen-bond donors (Lipinski definition) is 2. The van der Waals surface area contributed by atoms with Crippen molar-refractivity contribution in [1.29, 1.82) is 0 Å². The molecule has 0 amide bonds. The van der Waals surface area contributed by atoms with Gasteiger partial charge in [-0.1, -0.05) is 30.4 Å². The molecule has 0 unspecified atom stereocenters. The van der Waals surface area contributed by atoms with E-state index in [1.807, 2.05) is 6.92 Å². The summed E-state index contributed by atoms with van der Waals surface area (Å²) in [6.45, 7) is 3.62. The average Bonchev–Trinajstić information content (AvgIpc) is 2.55. The predicted molar refractivity (Wildman–Crippen MR) is 64.2 cm³/mol. The summed E-state index contributed by atoms with van der Waals surface area (Å²) in [5.74, 6) is -1.49. The van der Waals surface area contributed by atoms with E-state index in [0.29, 0.717) is 0 Å². The van der Waals surface area contributed by atoms with Crippen molar-refractivity contribution in [2.45, 2.75) is 32.2 Å². The first kappa shape index (κ1) is 13.7. The van der Waals surface area contributed by atoms with Crippen LogP contribution in [0.2, 0.25) is 0 Å². The quantitative estimate of drug-likeness (QED) is 0.435. The fourth-order valence-electron chi connectivity index (χ4n) is 1.72. The smallest absolute Gasteiger partial charge is 0.315 e. The van der Waals surface area contributed by atoms with Crippen LogP contribution in [0.3, 0.4) is 0 Å². The van der Waals surface area contributed by atoms with Gasteiger partial charge in [0.25, 0.3) is 0 Å². The molecule has 2 N–H and O–H groups in total. The number of carbonyl (C=O) groups excluding carboxylic acids is 1. The van der Waals surface area contributed by atoms with Gasteiger partial charge in [-0.2, -0.15) is 0 Å². The molecule has 1 fully saturated rings. The largest absolute Gasteiger partial charge is 0.455 e. The molecule has 17 heavy (non-hydrogen) atoms. The first-order chi connectivity index (χ1) is 8.11. The van der Waals surface area contributed by atoms with E-state index < -0.39 is 30.2 Å². The lowest BCUT2D eigenvalue weighted by atomic mass is 9.94. The average molecular weight is 238 g/mol. The highest BCUT2D eigenvalue weighted by Crippen LogP contribution is 2.26. The zero-order chi connectivity index (χ0) is 12.8. The maximum absolute atomic E-state index is 11.5. The van der Waals surface area contributed by atoms with Gasteiger partial charge in [-0.25, -0.2) is 0 Å². The van der Waals surface area contributed by atoms with Crippen molar-refractivity contribution < 1.29 is 19.7 Å². The van der Waals surface area contributed by atoms with E-state index in [1.165, 1.54) is 6.08 Å². The molecule has 0 aliphatic carbocycles. The van der Waals surface area contributed by atoms with Gasteiger partial charge in [-0.15, -0.1) is 0 Å². The lowest BCUT2D eigenvalue weighted by molar-refractivity contribution is -0.144. The molecule has 94 valence electrons. The fraction of sp³-hybridized carbons (Fsp3) is 0.462. The van der Waals surface area contributed by atoms with Crippen LogP contribution in [0.5, 0.6) is 0 Å². The molecular weight excluding hydrogens is 220 g/mol. The molecule has 4 heteroatoms.